The van der Waals surface area contributed by atoms with Gasteiger partial charge in [-0.25, -0.2) is 9.37 Å². The molecule has 1 aliphatic rings. The van der Waals surface area contributed by atoms with E-state index in [1.54, 1.807) is 17.2 Å². The first-order valence-electron chi connectivity index (χ1n) is 11.4. The average Bonchev–Trinajstić information content (AvgIpc) is 3.35. The Kier molecular flexibility index (Phi) is 6.88. The first-order chi connectivity index (χ1) is 16.9. The van der Waals surface area contributed by atoms with Gasteiger partial charge in [0, 0.05) is 48.1 Å². The smallest absolute Gasteiger partial charge is 0.246 e. The van der Waals surface area contributed by atoms with Crippen LogP contribution in [0.2, 0.25) is 5.02 Å². The number of aromatic nitrogens is 4. The number of carbonyl (C=O) groups is 1. The summed E-state index contributed by atoms with van der Waals surface area (Å²) in [6.07, 6.45) is 2.98. The molecule has 2 aromatic carbocycles. The van der Waals surface area contributed by atoms with Crippen molar-refractivity contribution in [2.45, 2.75) is 20.8 Å². The summed E-state index contributed by atoms with van der Waals surface area (Å²) in [5.41, 5.74) is 8.49. The van der Waals surface area contributed by atoms with Crippen molar-refractivity contribution >= 4 is 51.1 Å². The van der Waals surface area contributed by atoms with Crippen LogP contribution in [0.25, 0.3) is 32.9 Å². The Morgan fingerprint density at radius 1 is 1.20 bits per heavy atom. The van der Waals surface area contributed by atoms with Gasteiger partial charge in [-0.15, -0.1) is 0 Å². The lowest BCUT2D eigenvalue weighted by Crippen LogP contribution is -2.48. The van der Waals surface area contributed by atoms with E-state index in [-0.39, 0.29) is 28.0 Å². The SMILES string of the molecule is C=CC(=O)N1CCN(c2nc(N)nc3c(F)c(-c4c(C)ccc5cn[nH]c45)c(Cl)cc23)CC1.CC. The van der Waals surface area contributed by atoms with Crippen LogP contribution in [-0.2, 0) is 4.79 Å². The number of H-pyrrole nitrogens is 1. The predicted molar refractivity (Wildman–Crippen MR) is 139 cm³/mol. The Morgan fingerprint density at radius 3 is 2.60 bits per heavy atom. The van der Waals surface area contributed by atoms with Gasteiger partial charge in [0.25, 0.3) is 0 Å². The molecular formula is C25H27ClFN7O. The second-order valence-corrected chi connectivity index (χ2v) is 8.36. The summed E-state index contributed by atoms with van der Waals surface area (Å²) in [5, 5.41) is 8.58. The Labute approximate surface area is 207 Å². The van der Waals surface area contributed by atoms with Crippen LogP contribution in [0.5, 0.6) is 0 Å². The van der Waals surface area contributed by atoms with E-state index in [4.69, 9.17) is 17.3 Å². The van der Waals surface area contributed by atoms with Crippen LogP contribution in [0.3, 0.4) is 0 Å². The number of amides is 1. The van der Waals surface area contributed by atoms with Gasteiger partial charge in [-0.3, -0.25) is 9.89 Å². The molecule has 0 atom stereocenters. The van der Waals surface area contributed by atoms with Crippen LogP contribution in [0.15, 0.2) is 37.1 Å². The second kappa shape index (κ2) is 9.87. The van der Waals surface area contributed by atoms with Gasteiger partial charge in [0.05, 0.1) is 16.7 Å². The Balaban J connectivity index is 0.00000141. The molecule has 0 bridgehead atoms. The highest BCUT2D eigenvalue weighted by Gasteiger charge is 2.26. The summed E-state index contributed by atoms with van der Waals surface area (Å²) < 4.78 is 16.0. The number of carbonyl (C=O) groups excluding carboxylic acids is 1. The number of piperazine rings is 1. The monoisotopic (exact) mass is 495 g/mol. The summed E-state index contributed by atoms with van der Waals surface area (Å²) in [5.74, 6) is -0.236. The van der Waals surface area contributed by atoms with E-state index in [1.807, 2.05) is 37.8 Å². The topological polar surface area (TPSA) is 104 Å². The molecule has 1 amide bonds. The molecule has 0 spiro atoms. The van der Waals surface area contributed by atoms with Gasteiger partial charge >= 0.3 is 0 Å². The highest BCUT2D eigenvalue weighted by atomic mass is 35.5. The van der Waals surface area contributed by atoms with Gasteiger partial charge in [0.1, 0.15) is 11.3 Å². The fourth-order valence-electron chi connectivity index (χ4n) is 4.37. The summed E-state index contributed by atoms with van der Waals surface area (Å²) >= 11 is 6.67. The molecule has 182 valence electrons. The molecule has 10 heteroatoms. The van der Waals surface area contributed by atoms with Crippen molar-refractivity contribution in [2.24, 2.45) is 0 Å². The molecule has 3 N–H and O–H groups in total. The number of hydrogen-bond donors (Lipinski definition) is 2. The number of benzene rings is 2. The molecule has 1 aliphatic heterocycles. The van der Waals surface area contributed by atoms with Crippen LogP contribution in [0.4, 0.5) is 16.2 Å². The first kappa shape index (κ1) is 24.4. The number of nitrogen functional groups attached to an aromatic ring is 1. The minimum Gasteiger partial charge on any atom is -0.368 e. The van der Waals surface area contributed by atoms with Crippen molar-refractivity contribution in [2.75, 3.05) is 36.8 Å². The third kappa shape index (κ3) is 4.27. The van der Waals surface area contributed by atoms with Gasteiger partial charge < -0.3 is 15.5 Å². The zero-order chi connectivity index (χ0) is 25.3. The number of fused-ring (bicyclic) bond motifs is 2. The number of nitrogens with one attached hydrogen (secondary N) is 1. The quantitative estimate of drug-likeness (QED) is 0.399. The highest BCUT2D eigenvalue weighted by molar-refractivity contribution is 6.35. The third-order valence-corrected chi connectivity index (χ3v) is 6.32. The third-order valence-electron chi connectivity index (χ3n) is 6.02. The number of aryl methyl sites for hydroxylation is 1. The zero-order valence-electron chi connectivity index (χ0n) is 19.9. The molecule has 0 unspecified atom stereocenters. The molecule has 3 heterocycles. The largest absolute Gasteiger partial charge is 0.368 e. The van der Waals surface area contributed by atoms with Crippen LogP contribution < -0.4 is 10.6 Å². The van der Waals surface area contributed by atoms with Crippen molar-refractivity contribution in [3.8, 4) is 11.1 Å². The van der Waals surface area contributed by atoms with Crippen molar-refractivity contribution in [1.82, 2.24) is 25.1 Å². The van der Waals surface area contributed by atoms with Crippen LogP contribution in [0, 0.1) is 12.7 Å². The minimum absolute atomic E-state index is 0.0364. The lowest BCUT2D eigenvalue weighted by atomic mass is 9.96. The maximum Gasteiger partial charge on any atom is 0.246 e. The first-order valence-corrected chi connectivity index (χ1v) is 11.8. The summed E-state index contributed by atoms with van der Waals surface area (Å²) in [7, 11) is 0. The van der Waals surface area contributed by atoms with E-state index in [2.05, 4.69) is 26.7 Å². The Hall–Kier alpha value is -3.72. The van der Waals surface area contributed by atoms with E-state index in [0.29, 0.717) is 48.5 Å². The number of aromatic amines is 1. The van der Waals surface area contributed by atoms with E-state index in [0.717, 1.165) is 10.9 Å². The molecule has 4 aromatic rings. The number of rotatable bonds is 3. The lowest BCUT2D eigenvalue weighted by Gasteiger charge is -2.35. The van der Waals surface area contributed by atoms with Gasteiger partial charge in [-0.05, 0) is 24.6 Å². The minimum atomic E-state index is -0.571. The maximum absolute atomic E-state index is 16.0. The fourth-order valence-corrected chi connectivity index (χ4v) is 4.66. The molecule has 0 radical (unpaired) electrons. The molecular weight excluding hydrogens is 469 g/mol. The summed E-state index contributed by atoms with van der Waals surface area (Å²) in [6.45, 7) is 11.4. The molecule has 1 saturated heterocycles. The van der Waals surface area contributed by atoms with Crippen LogP contribution in [0.1, 0.15) is 19.4 Å². The number of nitrogens with two attached hydrogens (primary N) is 1. The molecule has 35 heavy (non-hydrogen) atoms. The fraction of sp³-hybridized carbons (Fsp3) is 0.280. The molecule has 1 fully saturated rings. The van der Waals surface area contributed by atoms with Gasteiger partial charge in [-0.1, -0.05) is 44.2 Å². The number of anilines is 2. The molecule has 2 aromatic heterocycles. The second-order valence-electron chi connectivity index (χ2n) is 7.96. The summed E-state index contributed by atoms with van der Waals surface area (Å²) in [6, 6.07) is 5.50. The Bertz CT molecular complexity index is 1430. The average molecular weight is 496 g/mol. The van der Waals surface area contributed by atoms with Crippen molar-refractivity contribution in [1.29, 1.82) is 0 Å². The number of hydrogen-bond acceptors (Lipinski definition) is 6. The standard InChI is InChI=1S/C23H21ClFN7O.C2H6/c1-3-16(33)31-6-8-32(9-7-31)22-14-10-15(24)18(19(25)21(14)28-23(26)29-22)17-12(2)4-5-13-11-27-30-20(13)17;1-2/h3-5,10-11H,1,6-9H2,2H3,(H,27,30)(H2,26,28,29);1-2H3. The van der Waals surface area contributed by atoms with Crippen molar-refractivity contribution < 1.29 is 9.18 Å². The van der Waals surface area contributed by atoms with Crippen molar-refractivity contribution in [3.05, 3.63) is 53.5 Å². The zero-order valence-corrected chi connectivity index (χ0v) is 20.7. The highest BCUT2D eigenvalue weighted by Crippen LogP contribution is 2.41. The van der Waals surface area contributed by atoms with Crippen molar-refractivity contribution in [3.63, 3.8) is 0 Å². The molecule has 0 aliphatic carbocycles. The van der Waals surface area contributed by atoms with Gasteiger partial charge in [-0.2, -0.15) is 10.1 Å². The van der Waals surface area contributed by atoms with Crippen LogP contribution >= 0.6 is 11.6 Å². The number of halogens is 2. The maximum atomic E-state index is 16.0. The van der Waals surface area contributed by atoms with E-state index in [1.165, 1.54) is 6.08 Å². The molecule has 0 saturated carbocycles. The normalized spacial score (nSPS) is 13.6. The summed E-state index contributed by atoms with van der Waals surface area (Å²) in [4.78, 5) is 24.2. The predicted octanol–water partition coefficient (Wildman–Crippen LogP) is 4.72. The lowest BCUT2D eigenvalue weighted by molar-refractivity contribution is -0.126. The van der Waals surface area contributed by atoms with Gasteiger partial charge in [0.2, 0.25) is 11.9 Å². The van der Waals surface area contributed by atoms with E-state index >= 15 is 4.39 Å². The Morgan fingerprint density at radius 2 is 1.91 bits per heavy atom. The van der Waals surface area contributed by atoms with Crippen LogP contribution in [-0.4, -0.2) is 57.2 Å². The molecule has 8 nitrogen and oxygen atoms in total. The van der Waals surface area contributed by atoms with Gasteiger partial charge in [0.15, 0.2) is 5.82 Å². The van der Waals surface area contributed by atoms with E-state index < -0.39 is 5.82 Å². The molecule has 5 rings (SSSR count). The number of nitrogens with zero attached hydrogens (tertiary/aromatic N) is 5. The van der Waals surface area contributed by atoms with E-state index in [9.17, 15) is 4.79 Å².